The Kier molecular flexibility index (Phi) is 4.81. The lowest BCUT2D eigenvalue weighted by molar-refractivity contribution is 0.190. The molecule has 0 heterocycles. The molecule has 0 fully saturated rings. The van der Waals surface area contributed by atoms with Gasteiger partial charge >= 0.3 is 0 Å². The van der Waals surface area contributed by atoms with Gasteiger partial charge < -0.3 is 5.11 Å². The highest BCUT2D eigenvalue weighted by Gasteiger charge is 2.12. The molecule has 92 valence electrons. The van der Waals surface area contributed by atoms with E-state index in [0.717, 1.165) is 32.1 Å². The summed E-state index contributed by atoms with van der Waals surface area (Å²) in [6, 6.07) is 10.5. The highest BCUT2D eigenvalue weighted by atomic mass is 16.3. The van der Waals surface area contributed by atoms with Crippen LogP contribution in [0.1, 0.15) is 44.1 Å². The van der Waals surface area contributed by atoms with Gasteiger partial charge in [-0.2, -0.15) is 0 Å². The minimum atomic E-state index is -0.195. The molecular formula is C16H22O. The number of aliphatic hydroxyl groups is 1. The van der Waals surface area contributed by atoms with Crippen molar-refractivity contribution >= 4 is 0 Å². The average molecular weight is 230 g/mol. The highest BCUT2D eigenvalue weighted by Crippen LogP contribution is 2.22. The maximum Gasteiger partial charge on any atom is 0.0750 e. The minimum Gasteiger partial charge on any atom is -0.389 e. The van der Waals surface area contributed by atoms with E-state index < -0.39 is 0 Å². The molecule has 0 aliphatic heterocycles. The van der Waals surface area contributed by atoms with Gasteiger partial charge in [-0.05, 0) is 56.1 Å². The van der Waals surface area contributed by atoms with Crippen molar-refractivity contribution in [3.63, 3.8) is 0 Å². The van der Waals surface area contributed by atoms with Gasteiger partial charge in [-0.25, -0.2) is 0 Å². The van der Waals surface area contributed by atoms with Crippen LogP contribution in [0.15, 0.2) is 42.0 Å². The van der Waals surface area contributed by atoms with Gasteiger partial charge in [0.1, 0.15) is 0 Å². The van der Waals surface area contributed by atoms with Gasteiger partial charge in [0.2, 0.25) is 0 Å². The van der Waals surface area contributed by atoms with Crippen LogP contribution in [0.2, 0.25) is 0 Å². The van der Waals surface area contributed by atoms with Gasteiger partial charge in [0, 0.05) is 0 Å². The Bertz CT molecular complexity index is 353. The fourth-order valence-corrected chi connectivity index (χ4v) is 2.50. The molecule has 0 amide bonds. The SMILES string of the molecule is O[C@H](CCCc1ccccc1)C1=CCCCC1. The zero-order valence-corrected chi connectivity index (χ0v) is 10.4. The molecule has 2 rings (SSSR count). The highest BCUT2D eigenvalue weighted by molar-refractivity contribution is 5.15. The summed E-state index contributed by atoms with van der Waals surface area (Å²) in [5.41, 5.74) is 2.65. The molecule has 0 saturated heterocycles. The van der Waals surface area contributed by atoms with Crippen LogP contribution >= 0.6 is 0 Å². The van der Waals surface area contributed by atoms with E-state index in [9.17, 15) is 5.11 Å². The molecule has 1 atom stereocenters. The van der Waals surface area contributed by atoms with Gasteiger partial charge in [0.05, 0.1) is 6.10 Å². The van der Waals surface area contributed by atoms with E-state index in [4.69, 9.17) is 0 Å². The van der Waals surface area contributed by atoms with E-state index in [2.05, 4.69) is 30.3 Å². The fourth-order valence-electron chi connectivity index (χ4n) is 2.50. The number of benzene rings is 1. The average Bonchev–Trinajstić information content (AvgIpc) is 2.41. The molecule has 1 nitrogen and oxygen atoms in total. The van der Waals surface area contributed by atoms with E-state index >= 15 is 0 Å². The predicted molar refractivity (Wildman–Crippen MR) is 71.9 cm³/mol. The third-order valence-corrected chi connectivity index (χ3v) is 3.54. The number of rotatable bonds is 5. The van der Waals surface area contributed by atoms with Crippen LogP contribution in [0.5, 0.6) is 0 Å². The minimum absolute atomic E-state index is 0.195. The van der Waals surface area contributed by atoms with Crippen molar-refractivity contribution in [2.45, 2.75) is 51.0 Å². The van der Waals surface area contributed by atoms with Crippen LogP contribution in [0, 0.1) is 0 Å². The van der Waals surface area contributed by atoms with Crippen LogP contribution in [0.4, 0.5) is 0 Å². The van der Waals surface area contributed by atoms with Crippen molar-refractivity contribution in [3.05, 3.63) is 47.5 Å². The first-order chi connectivity index (χ1) is 8.36. The molecule has 1 aromatic rings. The van der Waals surface area contributed by atoms with Crippen molar-refractivity contribution in [2.75, 3.05) is 0 Å². The second-order valence-corrected chi connectivity index (χ2v) is 4.92. The van der Waals surface area contributed by atoms with Crippen LogP contribution in [0.25, 0.3) is 0 Å². The molecule has 0 spiro atoms. The van der Waals surface area contributed by atoms with Crippen LogP contribution in [-0.4, -0.2) is 11.2 Å². The third-order valence-electron chi connectivity index (χ3n) is 3.54. The second kappa shape index (κ2) is 6.61. The van der Waals surface area contributed by atoms with Crippen molar-refractivity contribution < 1.29 is 5.11 Å². The van der Waals surface area contributed by atoms with Crippen LogP contribution in [-0.2, 0) is 6.42 Å². The molecule has 1 aliphatic rings. The number of hydrogen-bond acceptors (Lipinski definition) is 1. The lowest BCUT2D eigenvalue weighted by Crippen LogP contribution is -2.12. The summed E-state index contributed by atoms with van der Waals surface area (Å²) >= 11 is 0. The van der Waals surface area contributed by atoms with Crippen molar-refractivity contribution in [1.29, 1.82) is 0 Å². The topological polar surface area (TPSA) is 20.2 Å². The largest absolute Gasteiger partial charge is 0.389 e. The smallest absolute Gasteiger partial charge is 0.0750 e. The van der Waals surface area contributed by atoms with Crippen molar-refractivity contribution in [2.24, 2.45) is 0 Å². The third kappa shape index (κ3) is 4.01. The molecule has 0 bridgehead atoms. The molecule has 1 N–H and O–H groups in total. The Morgan fingerprint density at radius 1 is 1.12 bits per heavy atom. The fraction of sp³-hybridized carbons (Fsp3) is 0.500. The Morgan fingerprint density at radius 2 is 1.94 bits per heavy atom. The Hall–Kier alpha value is -1.08. The summed E-state index contributed by atoms with van der Waals surface area (Å²) in [5, 5.41) is 10.1. The van der Waals surface area contributed by atoms with E-state index in [0.29, 0.717) is 0 Å². The molecule has 0 radical (unpaired) electrons. The number of aryl methyl sites for hydroxylation is 1. The summed E-state index contributed by atoms with van der Waals surface area (Å²) in [6.45, 7) is 0. The summed E-state index contributed by atoms with van der Waals surface area (Å²) in [7, 11) is 0. The van der Waals surface area contributed by atoms with E-state index in [1.165, 1.54) is 24.0 Å². The molecule has 1 aromatic carbocycles. The van der Waals surface area contributed by atoms with Gasteiger partial charge in [-0.15, -0.1) is 0 Å². The second-order valence-electron chi connectivity index (χ2n) is 4.92. The van der Waals surface area contributed by atoms with Gasteiger partial charge in [0.25, 0.3) is 0 Å². The standard InChI is InChI=1S/C16H22O/c17-16(15-11-5-2-6-12-15)13-7-10-14-8-3-1-4-9-14/h1,3-4,8-9,11,16-17H,2,5-7,10,12-13H2/t16-/m1/s1. The van der Waals surface area contributed by atoms with Gasteiger partial charge in [-0.3, -0.25) is 0 Å². The Morgan fingerprint density at radius 3 is 2.65 bits per heavy atom. The molecule has 1 aliphatic carbocycles. The summed E-state index contributed by atoms with van der Waals surface area (Å²) in [4.78, 5) is 0. The van der Waals surface area contributed by atoms with Crippen LogP contribution < -0.4 is 0 Å². The molecule has 0 unspecified atom stereocenters. The number of aliphatic hydroxyl groups excluding tert-OH is 1. The monoisotopic (exact) mass is 230 g/mol. The molecule has 0 saturated carbocycles. The zero-order valence-electron chi connectivity index (χ0n) is 10.4. The summed E-state index contributed by atoms with van der Waals surface area (Å²) < 4.78 is 0. The molecular weight excluding hydrogens is 208 g/mol. The van der Waals surface area contributed by atoms with Crippen molar-refractivity contribution in [3.8, 4) is 0 Å². The summed E-state index contributed by atoms with van der Waals surface area (Å²) in [5.74, 6) is 0. The maximum absolute atomic E-state index is 10.1. The Labute approximate surface area is 104 Å². The molecule has 17 heavy (non-hydrogen) atoms. The van der Waals surface area contributed by atoms with Gasteiger partial charge in [-0.1, -0.05) is 36.4 Å². The van der Waals surface area contributed by atoms with Crippen LogP contribution in [0.3, 0.4) is 0 Å². The number of hydrogen-bond donors (Lipinski definition) is 1. The lowest BCUT2D eigenvalue weighted by atomic mass is 9.92. The molecule has 0 aromatic heterocycles. The van der Waals surface area contributed by atoms with E-state index in [-0.39, 0.29) is 6.10 Å². The van der Waals surface area contributed by atoms with Crippen molar-refractivity contribution in [1.82, 2.24) is 0 Å². The number of allylic oxidation sites excluding steroid dienone is 1. The first-order valence-electron chi connectivity index (χ1n) is 6.77. The Balaban J connectivity index is 1.73. The van der Waals surface area contributed by atoms with E-state index in [1.54, 1.807) is 0 Å². The van der Waals surface area contributed by atoms with Gasteiger partial charge in [0.15, 0.2) is 0 Å². The predicted octanol–water partition coefficient (Wildman–Crippen LogP) is 3.87. The lowest BCUT2D eigenvalue weighted by Gasteiger charge is -2.18. The van der Waals surface area contributed by atoms with E-state index in [1.807, 2.05) is 6.07 Å². The maximum atomic E-state index is 10.1. The quantitative estimate of drug-likeness (QED) is 0.761. The normalized spacial score (nSPS) is 17.6. The summed E-state index contributed by atoms with van der Waals surface area (Å²) in [6.07, 6.45) is 9.91. The first kappa shape index (κ1) is 12.4. The molecule has 1 heteroatoms. The zero-order chi connectivity index (χ0) is 11.9. The first-order valence-corrected chi connectivity index (χ1v) is 6.77.